The molecule has 17 heavy (non-hydrogen) atoms. The number of Topliss-reactive ketones (excluding diaryl/α,β-unsaturated/α-hetero) is 1. The van der Waals surface area contributed by atoms with E-state index >= 15 is 0 Å². The van der Waals surface area contributed by atoms with Crippen LogP contribution in [0.15, 0.2) is 30.5 Å². The van der Waals surface area contributed by atoms with Crippen LogP contribution < -0.4 is 0 Å². The molecule has 3 rings (SSSR count). The second-order valence-corrected chi connectivity index (χ2v) is 5.14. The van der Waals surface area contributed by atoms with Crippen molar-refractivity contribution < 1.29 is 4.79 Å². The van der Waals surface area contributed by atoms with E-state index in [2.05, 4.69) is 35.0 Å². The molecule has 0 spiro atoms. The van der Waals surface area contributed by atoms with Crippen LogP contribution >= 0.6 is 0 Å². The van der Waals surface area contributed by atoms with Crippen molar-refractivity contribution in [3.63, 3.8) is 0 Å². The summed E-state index contributed by atoms with van der Waals surface area (Å²) in [5, 5.41) is 1.24. The number of benzene rings is 1. The van der Waals surface area contributed by atoms with Crippen molar-refractivity contribution >= 4 is 16.7 Å². The predicted molar refractivity (Wildman–Crippen MR) is 69.0 cm³/mol. The summed E-state index contributed by atoms with van der Waals surface area (Å²) in [6.45, 7) is 2.78. The third kappa shape index (κ3) is 2.12. The first kappa shape index (κ1) is 10.6. The summed E-state index contributed by atoms with van der Waals surface area (Å²) in [6.07, 6.45) is 5.44. The second kappa shape index (κ2) is 4.02. The van der Waals surface area contributed by atoms with E-state index in [9.17, 15) is 4.79 Å². The van der Waals surface area contributed by atoms with Crippen LogP contribution in [0.2, 0.25) is 0 Å². The highest BCUT2D eigenvalue weighted by Crippen LogP contribution is 2.32. The predicted octanol–water partition coefficient (Wildman–Crippen LogP) is 3.18. The number of rotatable bonds is 4. The molecule has 2 nitrogen and oxygen atoms in total. The zero-order valence-electron chi connectivity index (χ0n) is 10.1. The molecule has 1 aromatic carbocycles. The van der Waals surface area contributed by atoms with Crippen molar-refractivity contribution in [3.05, 3.63) is 36.0 Å². The van der Waals surface area contributed by atoms with E-state index in [0.29, 0.717) is 6.42 Å². The van der Waals surface area contributed by atoms with Crippen LogP contribution in [0.5, 0.6) is 0 Å². The Labute approximate surface area is 101 Å². The van der Waals surface area contributed by atoms with Gasteiger partial charge in [0.1, 0.15) is 5.78 Å². The maximum absolute atomic E-state index is 11.2. The van der Waals surface area contributed by atoms with Crippen molar-refractivity contribution in [1.82, 2.24) is 4.57 Å². The van der Waals surface area contributed by atoms with Gasteiger partial charge in [0.25, 0.3) is 0 Å². The molecule has 0 N–H and O–H groups in total. The minimum absolute atomic E-state index is 0.229. The Kier molecular flexibility index (Phi) is 2.50. The summed E-state index contributed by atoms with van der Waals surface area (Å²) in [6, 6.07) is 8.42. The number of nitrogens with zero attached hydrogens (tertiary/aromatic N) is 1. The number of carbonyl (C=O) groups excluding carboxylic acids is 1. The summed E-state index contributed by atoms with van der Waals surface area (Å²) in [4.78, 5) is 11.2. The van der Waals surface area contributed by atoms with Gasteiger partial charge in [-0.05, 0) is 43.4 Å². The number of fused-ring (bicyclic) bond motifs is 1. The Bertz CT molecular complexity index is 563. The summed E-state index contributed by atoms with van der Waals surface area (Å²) in [5.74, 6) is 1.11. The van der Waals surface area contributed by atoms with Crippen molar-refractivity contribution in [2.24, 2.45) is 5.92 Å². The quantitative estimate of drug-likeness (QED) is 0.786. The third-order valence-electron chi connectivity index (χ3n) is 3.50. The van der Waals surface area contributed by atoms with Gasteiger partial charge in [-0.15, -0.1) is 0 Å². The molecule has 0 aliphatic heterocycles. The van der Waals surface area contributed by atoms with Crippen LogP contribution in [0.4, 0.5) is 0 Å². The molecule has 0 amide bonds. The molecule has 1 heterocycles. The first-order valence-corrected chi connectivity index (χ1v) is 6.30. The lowest BCUT2D eigenvalue weighted by atomic mass is 10.1. The first-order valence-electron chi connectivity index (χ1n) is 6.30. The van der Waals surface area contributed by atoms with Gasteiger partial charge in [0, 0.05) is 30.1 Å². The van der Waals surface area contributed by atoms with E-state index in [0.717, 1.165) is 18.0 Å². The lowest BCUT2D eigenvalue weighted by Gasteiger charge is -2.05. The lowest BCUT2D eigenvalue weighted by Crippen LogP contribution is -1.99. The molecule has 0 radical (unpaired) electrons. The molecular weight excluding hydrogens is 210 g/mol. The minimum Gasteiger partial charge on any atom is -0.347 e. The molecule has 0 bridgehead atoms. The highest BCUT2D eigenvalue weighted by molar-refractivity contribution is 5.89. The highest BCUT2D eigenvalue weighted by atomic mass is 16.1. The average molecular weight is 227 g/mol. The normalized spacial score (nSPS) is 15.4. The van der Waals surface area contributed by atoms with Crippen LogP contribution in [0, 0.1) is 5.92 Å². The lowest BCUT2D eigenvalue weighted by molar-refractivity contribution is -0.116. The van der Waals surface area contributed by atoms with Gasteiger partial charge in [-0.25, -0.2) is 0 Å². The van der Waals surface area contributed by atoms with Crippen molar-refractivity contribution in [2.75, 3.05) is 0 Å². The smallest absolute Gasteiger partial charge is 0.134 e. The zero-order chi connectivity index (χ0) is 11.8. The van der Waals surface area contributed by atoms with Gasteiger partial charge in [0.15, 0.2) is 0 Å². The van der Waals surface area contributed by atoms with Gasteiger partial charge in [-0.3, -0.25) is 4.79 Å². The molecule has 2 heteroatoms. The van der Waals surface area contributed by atoms with Gasteiger partial charge in [0.2, 0.25) is 0 Å². The summed E-state index contributed by atoms with van der Waals surface area (Å²) in [7, 11) is 0. The van der Waals surface area contributed by atoms with Gasteiger partial charge in [0.05, 0.1) is 0 Å². The molecule has 2 aromatic rings. The Morgan fingerprint density at radius 3 is 2.88 bits per heavy atom. The van der Waals surface area contributed by atoms with E-state index in [1.165, 1.54) is 23.7 Å². The topological polar surface area (TPSA) is 22.0 Å². The molecule has 88 valence electrons. The fourth-order valence-corrected chi connectivity index (χ4v) is 2.45. The van der Waals surface area contributed by atoms with Gasteiger partial charge >= 0.3 is 0 Å². The molecule has 1 aliphatic carbocycles. The second-order valence-electron chi connectivity index (χ2n) is 5.14. The number of carbonyl (C=O) groups is 1. The highest BCUT2D eigenvalue weighted by Gasteiger charge is 2.22. The summed E-state index contributed by atoms with van der Waals surface area (Å²) >= 11 is 0. The van der Waals surface area contributed by atoms with Crippen molar-refractivity contribution in [3.8, 4) is 0 Å². The summed E-state index contributed by atoms with van der Waals surface area (Å²) < 4.78 is 2.33. The standard InChI is InChI=1S/C15H17NO/c1-11(17)9-13-3-2-4-15-14(13)7-8-16(15)10-12-5-6-12/h2-4,7-8,12H,5-6,9-10H2,1H3. The third-order valence-corrected chi connectivity index (χ3v) is 3.50. The minimum atomic E-state index is 0.229. The Balaban J connectivity index is 2.01. The van der Waals surface area contributed by atoms with Crippen LogP contribution in [0.3, 0.4) is 0 Å². The molecule has 1 aromatic heterocycles. The average Bonchev–Trinajstić information content (AvgIpc) is 2.99. The van der Waals surface area contributed by atoms with Gasteiger partial charge < -0.3 is 4.57 Å². The molecule has 1 aliphatic rings. The SMILES string of the molecule is CC(=O)Cc1cccc2c1ccn2CC1CC1. The zero-order valence-corrected chi connectivity index (χ0v) is 10.1. The van der Waals surface area contributed by atoms with E-state index in [4.69, 9.17) is 0 Å². The largest absolute Gasteiger partial charge is 0.347 e. The van der Waals surface area contributed by atoms with Crippen LogP contribution in [0.25, 0.3) is 10.9 Å². The Morgan fingerprint density at radius 1 is 1.35 bits per heavy atom. The Hall–Kier alpha value is -1.57. The van der Waals surface area contributed by atoms with Crippen molar-refractivity contribution in [1.29, 1.82) is 0 Å². The molecule has 0 unspecified atom stereocenters. The van der Waals surface area contributed by atoms with Crippen LogP contribution in [-0.2, 0) is 17.8 Å². The maximum atomic E-state index is 11.2. The molecule has 1 saturated carbocycles. The molecular formula is C15H17NO. The number of aromatic nitrogens is 1. The monoisotopic (exact) mass is 227 g/mol. The van der Waals surface area contributed by atoms with Gasteiger partial charge in [-0.1, -0.05) is 12.1 Å². The maximum Gasteiger partial charge on any atom is 0.134 e. The van der Waals surface area contributed by atoms with Crippen molar-refractivity contribution in [2.45, 2.75) is 32.7 Å². The van der Waals surface area contributed by atoms with Crippen LogP contribution in [0.1, 0.15) is 25.3 Å². The fourth-order valence-electron chi connectivity index (χ4n) is 2.45. The fraction of sp³-hybridized carbons (Fsp3) is 0.400. The van der Waals surface area contributed by atoms with Crippen LogP contribution in [-0.4, -0.2) is 10.4 Å². The van der Waals surface area contributed by atoms with Gasteiger partial charge in [-0.2, -0.15) is 0 Å². The van der Waals surface area contributed by atoms with E-state index < -0.39 is 0 Å². The number of hydrogen-bond acceptors (Lipinski definition) is 1. The number of hydrogen-bond donors (Lipinski definition) is 0. The van der Waals surface area contributed by atoms with E-state index in [1.807, 2.05) is 0 Å². The van der Waals surface area contributed by atoms with E-state index in [-0.39, 0.29) is 5.78 Å². The first-order chi connectivity index (χ1) is 8.24. The van der Waals surface area contributed by atoms with E-state index in [1.54, 1.807) is 6.92 Å². The molecule has 0 saturated heterocycles. The number of ketones is 1. The molecule has 0 atom stereocenters. The summed E-state index contributed by atoms with van der Waals surface area (Å²) in [5.41, 5.74) is 2.43. The molecule has 1 fully saturated rings. The Morgan fingerprint density at radius 2 is 2.18 bits per heavy atom.